The third kappa shape index (κ3) is 4.27. The summed E-state index contributed by atoms with van der Waals surface area (Å²) in [6.45, 7) is 7.29. The van der Waals surface area contributed by atoms with Gasteiger partial charge in [-0.05, 0) is 47.2 Å². The second-order valence-electron chi connectivity index (χ2n) is 3.93. The number of hydrogen-bond acceptors (Lipinski definition) is 5. The van der Waals surface area contributed by atoms with E-state index in [0.29, 0.717) is 9.79 Å². The Kier molecular flexibility index (Phi) is 5.73. The maximum Gasteiger partial charge on any atom is 0.130 e. The van der Waals surface area contributed by atoms with Crippen molar-refractivity contribution in [2.45, 2.75) is 19.6 Å². The fraction of sp³-hybridized carbons (Fsp3) is 0. The van der Waals surface area contributed by atoms with Gasteiger partial charge in [0.1, 0.15) is 11.5 Å². The van der Waals surface area contributed by atoms with E-state index < -0.39 is 0 Å². The molecule has 0 aromatic heterocycles. The Morgan fingerprint density at radius 3 is 1.52 bits per heavy atom. The summed E-state index contributed by atoms with van der Waals surface area (Å²) in [4.78, 5) is 3.24. The third-order valence-electron chi connectivity index (χ3n) is 2.52. The number of aromatic hydroxyl groups is 2. The number of hydrogen-bond donors (Lipinski definition) is 2. The van der Waals surface area contributed by atoms with Gasteiger partial charge in [0, 0.05) is 9.79 Å². The normalized spacial score (nSPS) is 10.3. The lowest BCUT2D eigenvalue weighted by Gasteiger charge is -2.08. The first-order chi connectivity index (χ1) is 10.1. The van der Waals surface area contributed by atoms with Gasteiger partial charge >= 0.3 is 0 Å². The third-order valence-corrected chi connectivity index (χ3v) is 5.04. The van der Waals surface area contributed by atoms with E-state index in [-0.39, 0.29) is 11.5 Å². The van der Waals surface area contributed by atoms with Gasteiger partial charge in [-0.2, -0.15) is 0 Å². The van der Waals surface area contributed by atoms with E-state index in [1.165, 1.54) is 35.3 Å². The number of rotatable bonds is 6. The summed E-state index contributed by atoms with van der Waals surface area (Å²) in [5, 5.41) is 23.5. The van der Waals surface area contributed by atoms with E-state index in [1.807, 2.05) is 24.3 Å². The summed E-state index contributed by atoms with van der Waals surface area (Å²) < 4.78 is 0. The van der Waals surface area contributed by atoms with Gasteiger partial charge in [0.15, 0.2) is 0 Å². The van der Waals surface area contributed by atoms with Gasteiger partial charge in [0.05, 0.1) is 9.79 Å². The Morgan fingerprint density at radius 1 is 0.762 bits per heavy atom. The standard InChI is InChI=1S/C16H14O2S3/c1-3-19-11-5-7-15(13(17)9-11)21-16-8-6-12(20-4-2)10-14(16)18/h3-10,17-18H,1-2H2. The number of benzene rings is 2. The first-order valence-corrected chi connectivity index (χ1v) is 8.60. The van der Waals surface area contributed by atoms with Crippen molar-refractivity contribution >= 4 is 35.3 Å². The first kappa shape index (κ1) is 15.9. The minimum atomic E-state index is 0.191. The zero-order valence-electron chi connectivity index (χ0n) is 11.2. The van der Waals surface area contributed by atoms with E-state index in [0.717, 1.165) is 9.79 Å². The molecule has 0 fully saturated rings. The highest BCUT2D eigenvalue weighted by Gasteiger charge is 2.09. The molecule has 21 heavy (non-hydrogen) atoms. The highest BCUT2D eigenvalue weighted by atomic mass is 32.2. The largest absolute Gasteiger partial charge is 0.507 e. The summed E-state index contributed by atoms with van der Waals surface area (Å²) in [6.07, 6.45) is 0. The van der Waals surface area contributed by atoms with Crippen molar-refractivity contribution in [2.75, 3.05) is 0 Å². The summed E-state index contributed by atoms with van der Waals surface area (Å²) in [5.74, 6) is 0.381. The molecule has 2 N–H and O–H groups in total. The molecule has 0 aliphatic rings. The van der Waals surface area contributed by atoms with Gasteiger partial charge in [-0.1, -0.05) is 48.4 Å². The van der Waals surface area contributed by atoms with Crippen LogP contribution in [0.25, 0.3) is 0 Å². The van der Waals surface area contributed by atoms with Crippen molar-refractivity contribution in [2.24, 2.45) is 0 Å². The molecule has 2 aromatic carbocycles. The SMILES string of the molecule is C=CSc1ccc(Sc2ccc(SC=C)cc2O)c(O)c1. The molecular weight excluding hydrogens is 320 g/mol. The Bertz CT molecular complexity index is 611. The minimum Gasteiger partial charge on any atom is -0.507 e. The van der Waals surface area contributed by atoms with Crippen molar-refractivity contribution in [1.29, 1.82) is 0 Å². The Balaban J connectivity index is 2.21. The lowest BCUT2D eigenvalue weighted by atomic mass is 10.3. The van der Waals surface area contributed by atoms with Crippen LogP contribution in [0.15, 0.2) is 80.0 Å². The minimum absolute atomic E-state index is 0.191. The topological polar surface area (TPSA) is 40.5 Å². The van der Waals surface area contributed by atoms with Crippen LogP contribution in [0.3, 0.4) is 0 Å². The molecule has 0 unspecified atom stereocenters. The van der Waals surface area contributed by atoms with E-state index in [1.54, 1.807) is 22.9 Å². The molecule has 0 atom stereocenters. The molecule has 0 saturated carbocycles. The quantitative estimate of drug-likeness (QED) is 0.661. The monoisotopic (exact) mass is 334 g/mol. The van der Waals surface area contributed by atoms with Crippen LogP contribution in [0, 0.1) is 0 Å². The second-order valence-corrected chi connectivity index (χ2v) is 7.09. The lowest BCUT2D eigenvalue weighted by Crippen LogP contribution is -1.79. The average molecular weight is 334 g/mol. The van der Waals surface area contributed by atoms with Crippen LogP contribution in [0.4, 0.5) is 0 Å². The van der Waals surface area contributed by atoms with E-state index in [2.05, 4.69) is 13.2 Å². The zero-order chi connectivity index (χ0) is 15.2. The summed E-state index contributed by atoms with van der Waals surface area (Å²) >= 11 is 4.22. The predicted molar refractivity (Wildman–Crippen MR) is 92.4 cm³/mol. The highest BCUT2D eigenvalue weighted by Crippen LogP contribution is 2.41. The van der Waals surface area contributed by atoms with Crippen LogP contribution in [-0.4, -0.2) is 10.2 Å². The van der Waals surface area contributed by atoms with Crippen molar-refractivity contribution in [3.05, 3.63) is 60.4 Å². The average Bonchev–Trinajstić information content (AvgIpc) is 2.45. The van der Waals surface area contributed by atoms with E-state index in [9.17, 15) is 10.2 Å². The molecule has 0 heterocycles. The van der Waals surface area contributed by atoms with Crippen LogP contribution < -0.4 is 0 Å². The van der Waals surface area contributed by atoms with Crippen LogP contribution in [0.1, 0.15) is 0 Å². The number of phenolic OH excluding ortho intramolecular Hbond substituents is 2. The molecular formula is C16H14O2S3. The highest BCUT2D eigenvalue weighted by molar-refractivity contribution is 8.02. The summed E-state index contributed by atoms with van der Waals surface area (Å²) in [5.41, 5.74) is 0. The maximum atomic E-state index is 10.0. The van der Waals surface area contributed by atoms with Crippen molar-refractivity contribution in [1.82, 2.24) is 0 Å². The van der Waals surface area contributed by atoms with Gasteiger partial charge < -0.3 is 10.2 Å². The molecule has 2 aromatic rings. The molecule has 2 rings (SSSR count). The molecule has 0 radical (unpaired) electrons. The molecule has 0 saturated heterocycles. The predicted octanol–water partition coefficient (Wildman–Crippen LogP) is 5.72. The Hall–Kier alpha value is -1.43. The van der Waals surface area contributed by atoms with Crippen molar-refractivity contribution in [3.8, 4) is 11.5 Å². The molecule has 0 aliphatic heterocycles. The fourth-order valence-corrected chi connectivity index (χ4v) is 3.50. The molecule has 0 amide bonds. The smallest absolute Gasteiger partial charge is 0.130 e. The maximum absolute atomic E-state index is 10.0. The van der Waals surface area contributed by atoms with Gasteiger partial charge in [0.25, 0.3) is 0 Å². The fourth-order valence-electron chi connectivity index (χ4n) is 1.62. The van der Waals surface area contributed by atoms with Crippen molar-refractivity contribution in [3.63, 3.8) is 0 Å². The van der Waals surface area contributed by atoms with Gasteiger partial charge in [-0.15, -0.1) is 0 Å². The van der Waals surface area contributed by atoms with Crippen LogP contribution in [0.2, 0.25) is 0 Å². The molecule has 2 nitrogen and oxygen atoms in total. The lowest BCUT2D eigenvalue weighted by molar-refractivity contribution is 0.458. The van der Waals surface area contributed by atoms with Gasteiger partial charge in [-0.3, -0.25) is 0 Å². The van der Waals surface area contributed by atoms with Gasteiger partial charge in [-0.25, -0.2) is 0 Å². The zero-order valence-corrected chi connectivity index (χ0v) is 13.6. The number of phenols is 2. The Labute approximate surface area is 137 Å². The van der Waals surface area contributed by atoms with E-state index in [4.69, 9.17) is 0 Å². The summed E-state index contributed by atoms with van der Waals surface area (Å²) in [6, 6.07) is 10.9. The van der Waals surface area contributed by atoms with Crippen LogP contribution >= 0.6 is 35.3 Å². The molecule has 0 aliphatic carbocycles. The van der Waals surface area contributed by atoms with Crippen LogP contribution in [0.5, 0.6) is 11.5 Å². The molecule has 0 bridgehead atoms. The first-order valence-electron chi connectivity index (χ1n) is 6.03. The number of thioether (sulfide) groups is 2. The van der Waals surface area contributed by atoms with Crippen LogP contribution in [-0.2, 0) is 0 Å². The Morgan fingerprint density at radius 2 is 1.19 bits per heavy atom. The van der Waals surface area contributed by atoms with E-state index >= 15 is 0 Å². The molecule has 108 valence electrons. The summed E-state index contributed by atoms with van der Waals surface area (Å²) in [7, 11) is 0. The van der Waals surface area contributed by atoms with Crippen molar-refractivity contribution < 1.29 is 10.2 Å². The van der Waals surface area contributed by atoms with Gasteiger partial charge in [0.2, 0.25) is 0 Å². The molecule has 5 heteroatoms. The molecule has 0 spiro atoms. The second kappa shape index (κ2) is 7.54.